The van der Waals surface area contributed by atoms with Crippen molar-refractivity contribution in [3.8, 4) is 11.5 Å². The van der Waals surface area contributed by atoms with Crippen molar-refractivity contribution < 1.29 is 0 Å². The van der Waals surface area contributed by atoms with Crippen LogP contribution in [0.1, 0.15) is 0 Å². The molecule has 0 radical (unpaired) electrons. The molecule has 2 aromatic carbocycles. The average Bonchev–Trinajstić information content (AvgIpc) is 3.00. The van der Waals surface area contributed by atoms with Gasteiger partial charge < -0.3 is 10.7 Å². The van der Waals surface area contributed by atoms with Crippen LogP contribution in [0.25, 0.3) is 33.5 Å². The van der Waals surface area contributed by atoms with Crippen molar-refractivity contribution in [1.82, 2.24) is 19.7 Å². The van der Waals surface area contributed by atoms with Crippen LogP contribution in [0.4, 0.5) is 5.69 Å². The Morgan fingerprint density at radius 2 is 2.00 bits per heavy atom. The second-order valence-electron chi connectivity index (χ2n) is 4.85. The van der Waals surface area contributed by atoms with Gasteiger partial charge in [-0.1, -0.05) is 18.2 Å². The highest BCUT2D eigenvalue weighted by atomic mass is 15.3. The molecule has 2 heterocycles. The first-order valence-corrected chi connectivity index (χ1v) is 6.40. The number of aromatic nitrogens is 4. The topological polar surface area (TPSA) is 72.5 Å². The van der Waals surface area contributed by atoms with Gasteiger partial charge in [-0.2, -0.15) is 5.10 Å². The van der Waals surface area contributed by atoms with Crippen molar-refractivity contribution in [1.29, 1.82) is 0 Å². The van der Waals surface area contributed by atoms with E-state index in [2.05, 4.69) is 21.1 Å². The molecule has 3 N–H and O–H groups in total. The van der Waals surface area contributed by atoms with Crippen LogP contribution in [0.15, 0.2) is 42.5 Å². The lowest BCUT2D eigenvalue weighted by atomic mass is 10.2. The molecule has 0 spiro atoms. The van der Waals surface area contributed by atoms with Crippen LogP contribution in [-0.2, 0) is 7.05 Å². The Morgan fingerprint density at radius 1 is 1.15 bits per heavy atom. The highest BCUT2D eigenvalue weighted by Crippen LogP contribution is 2.27. The molecule has 0 saturated heterocycles. The molecule has 0 saturated carbocycles. The first-order chi connectivity index (χ1) is 9.72. The fourth-order valence-corrected chi connectivity index (χ4v) is 2.53. The number of nitrogens with one attached hydrogen (secondary N) is 1. The summed E-state index contributed by atoms with van der Waals surface area (Å²) in [5.74, 6) is 0.766. The number of nitrogens with two attached hydrogens (primary N) is 1. The normalized spacial score (nSPS) is 11.4. The largest absolute Gasteiger partial charge is 0.399 e. The summed E-state index contributed by atoms with van der Waals surface area (Å²) < 4.78 is 1.87. The number of imidazole rings is 1. The lowest BCUT2D eigenvalue weighted by Crippen LogP contribution is -1.90. The molecule has 5 nitrogen and oxygen atoms in total. The monoisotopic (exact) mass is 263 g/mol. The Hall–Kier alpha value is -2.82. The first kappa shape index (κ1) is 11.0. The van der Waals surface area contributed by atoms with Gasteiger partial charge in [0.15, 0.2) is 5.82 Å². The van der Waals surface area contributed by atoms with E-state index < -0.39 is 0 Å². The van der Waals surface area contributed by atoms with Crippen molar-refractivity contribution in [2.75, 3.05) is 5.73 Å². The lowest BCUT2D eigenvalue weighted by molar-refractivity contribution is 0.798. The van der Waals surface area contributed by atoms with Crippen LogP contribution in [0.5, 0.6) is 0 Å². The summed E-state index contributed by atoms with van der Waals surface area (Å²) in [6.45, 7) is 0. The summed E-state index contributed by atoms with van der Waals surface area (Å²) in [6, 6.07) is 13.8. The van der Waals surface area contributed by atoms with E-state index in [0.717, 1.165) is 39.1 Å². The number of aryl methyl sites for hydroxylation is 1. The second kappa shape index (κ2) is 3.84. The number of H-pyrrole nitrogens is 1. The minimum atomic E-state index is 0.721. The fourth-order valence-electron chi connectivity index (χ4n) is 2.53. The van der Waals surface area contributed by atoms with Gasteiger partial charge in [0.05, 0.1) is 16.6 Å². The quantitative estimate of drug-likeness (QED) is 0.519. The van der Waals surface area contributed by atoms with Gasteiger partial charge in [-0.25, -0.2) is 4.98 Å². The summed E-state index contributed by atoms with van der Waals surface area (Å²) >= 11 is 0. The van der Waals surface area contributed by atoms with Gasteiger partial charge in [-0.3, -0.25) is 4.68 Å². The maximum Gasteiger partial charge on any atom is 0.159 e. The van der Waals surface area contributed by atoms with Gasteiger partial charge in [-0.15, -0.1) is 0 Å². The number of nitrogens with zero attached hydrogens (tertiary/aromatic N) is 3. The van der Waals surface area contributed by atoms with E-state index in [4.69, 9.17) is 5.73 Å². The maximum atomic E-state index is 5.80. The molecular weight excluding hydrogens is 250 g/mol. The number of fused-ring (bicyclic) bond motifs is 2. The number of rotatable bonds is 1. The molecule has 5 heteroatoms. The molecule has 0 atom stereocenters. The number of hydrogen-bond donors (Lipinski definition) is 2. The molecule has 0 bridgehead atoms. The van der Waals surface area contributed by atoms with Gasteiger partial charge in [0.1, 0.15) is 5.69 Å². The number of benzene rings is 2. The molecule has 0 aliphatic rings. The van der Waals surface area contributed by atoms with Gasteiger partial charge >= 0.3 is 0 Å². The third-order valence-corrected chi connectivity index (χ3v) is 3.49. The predicted molar refractivity (Wildman–Crippen MR) is 80.2 cm³/mol. The molecule has 2 aromatic heterocycles. The molecule has 20 heavy (non-hydrogen) atoms. The molecule has 0 aliphatic heterocycles. The zero-order valence-corrected chi connectivity index (χ0v) is 11.0. The molecule has 4 rings (SSSR count). The third kappa shape index (κ3) is 1.50. The maximum absolute atomic E-state index is 5.80. The smallest absolute Gasteiger partial charge is 0.159 e. The van der Waals surface area contributed by atoms with Gasteiger partial charge in [0, 0.05) is 18.1 Å². The molecule has 0 unspecified atom stereocenters. The molecule has 0 aliphatic carbocycles. The van der Waals surface area contributed by atoms with E-state index >= 15 is 0 Å². The van der Waals surface area contributed by atoms with Crippen molar-refractivity contribution in [3.05, 3.63) is 42.5 Å². The standard InChI is InChI=1S/C15H13N5/c1-20-13-5-3-2-4-10(13)14(19-20)15-17-11-7-6-9(16)8-12(11)18-15/h2-8H,16H2,1H3,(H,17,18). The number of para-hydroxylation sites is 1. The van der Waals surface area contributed by atoms with Crippen LogP contribution in [0.3, 0.4) is 0 Å². The fraction of sp³-hybridized carbons (Fsp3) is 0.0667. The Balaban J connectivity index is 2.01. The Morgan fingerprint density at radius 3 is 2.90 bits per heavy atom. The van der Waals surface area contributed by atoms with E-state index in [1.54, 1.807) is 0 Å². The summed E-state index contributed by atoms with van der Waals surface area (Å²) in [5, 5.41) is 5.65. The second-order valence-corrected chi connectivity index (χ2v) is 4.85. The highest BCUT2D eigenvalue weighted by molar-refractivity contribution is 5.93. The molecule has 4 aromatic rings. The van der Waals surface area contributed by atoms with Crippen LogP contribution < -0.4 is 5.73 Å². The zero-order valence-electron chi connectivity index (χ0n) is 11.0. The van der Waals surface area contributed by atoms with Crippen LogP contribution in [0, 0.1) is 0 Å². The van der Waals surface area contributed by atoms with E-state index in [1.807, 2.05) is 48.1 Å². The Kier molecular flexibility index (Phi) is 2.12. The van der Waals surface area contributed by atoms with E-state index in [1.165, 1.54) is 0 Å². The van der Waals surface area contributed by atoms with Crippen LogP contribution in [-0.4, -0.2) is 19.7 Å². The predicted octanol–water partition coefficient (Wildman–Crippen LogP) is 2.70. The number of nitrogen functional groups attached to an aromatic ring is 1. The first-order valence-electron chi connectivity index (χ1n) is 6.40. The van der Waals surface area contributed by atoms with Crippen LogP contribution in [0.2, 0.25) is 0 Å². The van der Waals surface area contributed by atoms with Gasteiger partial charge in [0.25, 0.3) is 0 Å². The lowest BCUT2D eigenvalue weighted by Gasteiger charge is -1.91. The molecule has 0 amide bonds. The third-order valence-electron chi connectivity index (χ3n) is 3.49. The highest BCUT2D eigenvalue weighted by Gasteiger charge is 2.13. The summed E-state index contributed by atoms with van der Waals surface area (Å²) in [4.78, 5) is 7.89. The van der Waals surface area contributed by atoms with E-state index in [9.17, 15) is 0 Å². The van der Waals surface area contributed by atoms with Gasteiger partial charge in [0.2, 0.25) is 0 Å². The van der Waals surface area contributed by atoms with Crippen molar-refractivity contribution in [2.45, 2.75) is 0 Å². The van der Waals surface area contributed by atoms with Gasteiger partial charge in [-0.05, 0) is 24.3 Å². The average molecular weight is 263 g/mol. The van der Waals surface area contributed by atoms with E-state index in [-0.39, 0.29) is 0 Å². The SMILES string of the molecule is Cn1nc(-c2nc3ccc(N)cc3[nH]2)c2ccccc21. The minimum absolute atomic E-state index is 0.721. The summed E-state index contributed by atoms with van der Waals surface area (Å²) in [7, 11) is 1.94. The molecule has 98 valence electrons. The minimum Gasteiger partial charge on any atom is -0.399 e. The molecular formula is C15H13N5. The van der Waals surface area contributed by atoms with E-state index in [0.29, 0.717) is 0 Å². The Labute approximate surface area is 115 Å². The summed E-state index contributed by atoms with van der Waals surface area (Å²) in [5.41, 5.74) is 10.3. The zero-order chi connectivity index (χ0) is 13.7. The number of anilines is 1. The Bertz CT molecular complexity index is 932. The number of aromatic amines is 1. The van der Waals surface area contributed by atoms with Crippen LogP contribution >= 0.6 is 0 Å². The number of hydrogen-bond acceptors (Lipinski definition) is 3. The van der Waals surface area contributed by atoms with Crippen molar-refractivity contribution in [3.63, 3.8) is 0 Å². The summed E-state index contributed by atoms with van der Waals surface area (Å²) in [6.07, 6.45) is 0. The van der Waals surface area contributed by atoms with Crippen molar-refractivity contribution in [2.24, 2.45) is 7.05 Å². The van der Waals surface area contributed by atoms with Crippen molar-refractivity contribution >= 4 is 27.6 Å². The molecule has 0 fully saturated rings.